The summed E-state index contributed by atoms with van der Waals surface area (Å²) in [4.78, 5) is 19.2. The maximum absolute atomic E-state index is 11.3. The van der Waals surface area contributed by atoms with Crippen LogP contribution in [-0.2, 0) is 9.47 Å². The average Bonchev–Trinajstić information content (AvgIpc) is 2.52. The van der Waals surface area contributed by atoms with Crippen molar-refractivity contribution in [2.75, 3.05) is 38.7 Å². The van der Waals surface area contributed by atoms with Crippen LogP contribution in [0.25, 0.3) is 0 Å². The average molecular weight is 280 g/mol. The van der Waals surface area contributed by atoms with E-state index in [1.54, 1.807) is 6.07 Å². The van der Waals surface area contributed by atoms with Gasteiger partial charge in [-0.25, -0.2) is 14.8 Å². The normalized spacial score (nSPS) is 15.8. The summed E-state index contributed by atoms with van der Waals surface area (Å²) in [6, 6.07) is 1.71. The van der Waals surface area contributed by atoms with Gasteiger partial charge in [-0.1, -0.05) is 0 Å². The second kappa shape index (κ2) is 7.76. The van der Waals surface area contributed by atoms with Gasteiger partial charge in [-0.15, -0.1) is 0 Å². The zero-order valence-corrected chi connectivity index (χ0v) is 11.6. The third kappa shape index (κ3) is 4.43. The standard InChI is InChI=1S/C13H20N4O3/c1-19-13(18)12-16-7-4-11(17-12)15-8-9-20-10-2-5-14-6-3-10/h4,7,10,14H,2-3,5-6,8-9H2,1H3,(H,15,16,17). The predicted octanol–water partition coefficient (Wildman–Crippen LogP) is 0.444. The van der Waals surface area contributed by atoms with E-state index in [1.807, 2.05) is 0 Å². The van der Waals surface area contributed by atoms with Crippen molar-refractivity contribution in [1.29, 1.82) is 0 Å². The first kappa shape index (κ1) is 14.7. The van der Waals surface area contributed by atoms with Crippen LogP contribution in [0, 0.1) is 0 Å². The Bertz CT molecular complexity index is 435. The summed E-state index contributed by atoms with van der Waals surface area (Å²) < 4.78 is 10.3. The third-order valence-corrected chi connectivity index (χ3v) is 3.07. The van der Waals surface area contributed by atoms with Crippen LogP contribution in [0.1, 0.15) is 23.5 Å². The maximum Gasteiger partial charge on any atom is 0.376 e. The van der Waals surface area contributed by atoms with Crippen LogP contribution < -0.4 is 10.6 Å². The van der Waals surface area contributed by atoms with Crippen LogP contribution >= 0.6 is 0 Å². The molecule has 1 aliphatic heterocycles. The molecule has 0 radical (unpaired) electrons. The Morgan fingerprint density at radius 3 is 3.05 bits per heavy atom. The highest BCUT2D eigenvalue weighted by Crippen LogP contribution is 2.07. The Balaban J connectivity index is 1.72. The van der Waals surface area contributed by atoms with Crippen molar-refractivity contribution < 1.29 is 14.3 Å². The molecule has 0 amide bonds. The van der Waals surface area contributed by atoms with Crippen molar-refractivity contribution in [3.05, 3.63) is 18.1 Å². The number of hydrogen-bond acceptors (Lipinski definition) is 7. The number of nitrogens with one attached hydrogen (secondary N) is 2. The van der Waals surface area contributed by atoms with Crippen LogP contribution in [0.15, 0.2) is 12.3 Å². The molecule has 1 aromatic rings. The van der Waals surface area contributed by atoms with Crippen molar-refractivity contribution in [2.45, 2.75) is 18.9 Å². The number of piperidine rings is 1. The summed E-state index contributed by atoms with van der Waals surface area (Å²) in [7, 11) is 1.30. The van der Waals surface area contributed by atoms with Gasteiger partial charge in [-0.2, -0.15) is 0 Å². The number of aromatic nitrogens is 2. The Kier molecular flexibility index (Phi) is 5.69. The van der Waals surface area contributed by atoms with Gasteiger partial charge < -0.3 is 20.1 Å². The highest BCUT2D eigenvalue weighted by molar-refractivity contribution is 5.85. The van der Waals surface area contributed by atoms with E-state index in [9.17, 15) is 4.79 Å². The maximum atomic E-state index is 11.3. The van der Waals surface area contributed by atoms with Gasteiger partial charge in [0, 0.05) is 12.7 Å². The van der Waals surface area contributed by atoms with E-state index >= 15 is 0 Å². The molecule has 0 saturated carbocycles. The fourth-order valence-electron chi connectivity index (χ4n) is 2.01. The van der Waals surface area contributed by atoms with Crippen LogP contribution in [-0.4, -0.2) is 55.4 Å². The smallest absolute Gasteiger partial charge is 0.376 e. The summed E-state index contributed by atoms with van der Waals surface area (Å²) in [5.74, 6) is 0.102. The van der Waals surface area contributed by atoms with Gasteiger partial charge in [0.1, 0.15) is 5.82 Å². The fraction of sp³-hybridized carbons (Fsp3) is 0.615. The van der Waals surface area contributed by atoms with Gasteiger partial charge in [0.25, 0.3) is 0 Å². The summed E-state index contributed by atoms with van der Waals surface area (Å²) in [5.41, 5.74) is 0. The lowest BCUT2D eigenvalue weighted by molar-refractivity contribution is 0.0394. The monoisotopic (exact) mass is 280 g/mol. The molecule has 2 heterocycles. The fourth-order valence-corrected chi connectivity index (χ4v) is 2.01. The molecule has 0 unspecified atom stereocenters. The summed E-state index contributed by atoms with van der Waals surface area (Å²) >= 11 is 0. The number of esters is 1. The van der Waals surface area contributed by atoms with E-state index in [2.05, 4.69) is 25.3 Å². The molecule has 0 bridgehead atoms. The molecule has 1 aromatic heterocycles. The molecule has 7 heteroatoms. The van der Waals surface area contributed by atoms with Crippen LogP contribution in [0.5, 0.6) is 0 Å². The van der Waals surface area contributed by atoms with Gasteiger partial charge in [0.2, 0.25) is 5.82 Å². The van der Waals surface area contributed by atoms with Gasteiger partial charge in [-0.05, 0) is 32.0 Å². The third-order valence-electron chi connectivity index (χ3n) is 3.07. The number of rotatable bonds is 6. The van der Waals surface area contributed by atoms with E-state index in [1.165, 1.54) is 13.3 Å². The van der Waals surface area contributed by atoms with E-state index < -0.39 is 5.97 Å². The topological polar surface area (TPSA) is 85.4 Å². The van der Waals surface area contributed by atoms with Crippen molar-refractivity contribution in [3.8, 4) is 0 Å². The first-order valence-electron chi connectivity index (χ1n) is 6.77. The van der Waals surface area contributed by atoms with E-state index in [-0.39, 0.29) is 5.82 Å². The van der Waals surface area contributed by atoms with Crippen molar-refractivity contribution in [2.24, 2.45) is 0 Å². The number of hydrogen-bond donors (Lipinski definition) is 2. The lowest BCUT2D eigenvalue weighted by atomic mass is 10.1. The molecule has 0 spiro atoms. The number of carbonyl (C=O) groups is 1. The molecule has 0 aliphatic carbocycles. The Labute approximate surface area is 118 Å². The summed E-state index contributed by atoms with van der Waals surface area (Å²) in [5, 5.41) is 6.40. The molecular weight excluding hydrogens is 260 g/mol. The highest BCUT2D eigenvalue weighted by Gasteiger charge is 2.13. The zero-order valence-electron chi connectivity index (χ0n) is 11.6. The van der Waals surface area contributed by atoms with Crippen LogP contribution in [0.4, 0.5) is 5.82 Å². The molecule has 1 saturated heterocycles. The Morgan fingerprint density at radius 1 is 1.50 bits per heavy atom. The summed E-state index contributed by atoms with van der Waals surface area (Å²) in [6.07, 6.45) is 3.98. The minimum atomic E-state index is -0.542. The first-order valence-corrected chi connectivity index (χ1v) is 6.77. The predicted molar refractivity (Wildman–Crippen MR) is 73.7 cm³/mol. The van der Waals surface area contributed by atoms with Crippen molar-refractivity contribution >= 4 is 11.8 Å². The number of methoxy groups -OCH3 is 1. The number of ether oxygens (including phenoxy) is 2. The quantitative estimate of drug-likeness (QED) is 0.578. The largest absolute Gasteiger partial charge is 0.463 e. The molecule has 7 nitrogen and oxygen atoms in total. The molecule has 2 rings (SSSR count). The lowest BCUT2D eigenvalue weighted by Crippen LogP contribution is -2.33. The van der Waals surface area contributed by atoms with E-state index in [0.29, 0.717) is 25.1 Å². The number of anilines is 1. The van der Waals surface area contributed by atoms with E-state index in [0.717, 1.165) is 25.9 Å². The lowest BCUT2D eigenvalue weighted by Gasteiger charge is -2.23. The molecule has 20 heavy (non-hydrogen) atoms. The van der Waals surface area contributed by atoms with Gasteiger partial charge >= 0.3 is 5.97 Å². The first-order chi connectivity index (χ1) is 9.79. The number of nitrogens with zero attached hydrogens (tertiary/aromatic N) is 2. The van der Waals surface area contributed by atoms with E-state index in [4.69, 9.17) is 4.74 Å². The second-order valence-electron chi connectivity index (χ2n) is 4.50. The minimum Gasteiger partial charge on any atom is -0.463 e. The Morgan fingerprint density at radius 2 is 2.30 bits per heavy atom. The molecule has 110 valence electrons. The van der Waals surface area contributed by atoms with Gasteiger partial charge in [-0.3, -0.25) is 0 Å². The summed E-state index contributed by atoms with van der Waals surface area (Å²) in [6.45, 7) is 3.29. The van der Waals surface area contributed by atoms with Crippen molar-refractivity contribution in [3.63, 3.8) is 0 Å². The van der Waals surface area contributed by atoms with Crippen molar-refractivity contribution in [1.82, 2.24) is 15.3 Å². The Hall–Kier alpha value is -1.73. The van der Waals surface area contributed by atoms with Crippen LogP contribution in [0.2, 0.25) is 0 Å². The molecular formula is C13H20N4O3. The second-order valence-corrected chi connectivity index (χ2v) is 4.50. The minimum absolute atomic E-state index is 0.0526. The van der Waals surface area contributed by atoms with Gasteiger partial charge in [0.05, 0.1) is 19.8 Å². The van der Waals surface area contributed by atoms with Crippen LogP contribution in [0.3, 0.4) is 0 Å². The molecule has 2 N–H and O–H groups in total. The SMILES string of the molecule is COC(=O)c1nccc(NCCOC2CCNCC2)n1. The highest BCUT2D eigenvalue weighted by atomic mass is 16.5. The molecule has 1 fully saturated rings. The van der Waals surface area contributed by atoms with Gasteiger partial charge in [0.15, 0.2) is 0 Å². The molecule has 0 atom stereocenters. The molecule has 0 aromatic carbocycles. The molecule has 1 aliphatic rings. The zero-order chi connectivity index (χ0) is 14.2. The number of carbonyl (C=O) groups excluding carboxylic acids is 1.